The molecule has 1 amide bonds. The van der Waals surface area contributed by atoms with Gasteiger partial charge in [0.2, 0.25) is 5.91 Å². The molecule has 1 aliphatic heterocycles. The van der Waals surface area contributed by atoms with Crippen LogP contribution in [0.2, 0.25) is 0 Å². The number of carboxylic acids is 1. The van der Waals surface area contributed by atoms with Gasteiger partial charge in [-0.3, -0.25) is 9.59 Å². The Morgan fingerprint density at radius 2 is 2.24 bits per heavy atom. The van der Waals surface area contributed by atoms with E-state index >= 15 is 0 Å². The van der Waals surface area contributed by atoms with Gasteiger partial charge in [0, 0.05) is 6.54 Å². The van der Waals surface area contributed by atoms with Crippen molar-refractivity contribution < 1.29 is 14.7 Å². The van der Waals surface area contributed by atoms with Crippen LogP contribution in [0.15, 0.2) is 0 Å². The lowest BCUT2D eigenvalue weighted by Crippen LogP contribution is -2.48. The second kappa shape index (κ2) is 6.59. The maximum Gasteiger partial charge on any atom is 0.306 e. The van der Waals surface area contributed by atoms with Crippen LogP contribution in [0.1, 0.15) is 33.1 Å². The van der Waals surface area contributed by atoms with Crippen LogP contribution < -0.4 is 10.6 Å². The van der Waals surface area contributed by atoms with Crippen LogP contribution in [-0.4, -0.2) is 36.1 Å². The minimum Gasteiger partial charge on any atom is -0.481 e. The molecule has 1 heterocycles. The first-order valence-corrected chi connectivity index (χ1v) is 6.24. The quantitative estimate of drug-likeness (QED) is 0.659. The second-order valence-corrected chi connectivity index (χ2v) is 4.96. The zero-order chi connectivity index (χ0) is 12.8. The molecule has 98 valence electrons. The van der Waals surface area contributed by atoms with Gasteiger partial charge in [-0.15, -0.1) is 0 Å². The van der Waals surface area contributed by atoms with Crippen molar-refractivity contribution in [2.24, 2.45) is 11.8 Å². The maximum absolute atomic E-state index is 11.8. The lowest BCUT2D eigenvalue weighted by molar-refractivity contribution is -0.141. The summed E-state index contributed by atoms with van der Waals surface area (Å²) in [5.74, 6) is -0.656. The van der Waals surface area contributed by atoms with Crippen LogP contribution in [0.25, 0.3) is 0 Å². The number of carboxylic acid groups (broad SMARTS) is 1. The van der Waals surface area contributed by atoms with E-state index in [9.17, 15) is 9.59 Å². The van der Waals surface area contributed by atoms with E-state index in [4.69, 9.17) is 5.11 Å². The van der Waals surface area contributed by atoms with Crippen molar-refractivity contribution in [3.63, 3.8) is 0 Å². The third-order valence-electron chi connectivity index (χ3n) is 3.28. The highest BCUT2D eigenvalue weighted by Crippen LogP contribution is 2.14. The summed E-state index contributed by atoms with van der Waals surface area (Å²) in [5, 5.41) is 14.7. The van der Waals surface area contributed by atoms with Crippen molar-refractivity contribution in [3.8, 4) is 0 Å². The summed E-state index contributed by atoms with van der Waals surface area (Å²) >= 11 is 0. The van der Waals surface area contributed by atoms with Crippen LogP contribution >= 0.6 is 0 Å². The highest BCUT2D eigenvalue weighted by molar-refractivity contribution is 5.81. The van der Waals surface area contributed by atoms with Crippen molar-refractivity contribution >= 4 is 11.9 Å². The van der Waals surface area contributed by atoms with Crippen LogP contribution in [0, 0.1) is 11.8 Å². The third-order valence-corrected chi connectivity index (χ3v) is 3.28. The van der Waals surface area contributed by atoms with Crippen molar-refractivity contribution in [3.05, 3.63) is 0 Å². The van der Waals surface area contributed by atoms with E-state index in [0.29, 0.717) is 18.9 Å². The molecule has 0 aromatic rings. The topological polar surface area (TPSA) is 78.4 Å². The predicted molar refractivity (Wildman–Crippen MR) is 64.6 cm³/mol. The molecule has 17 heavy (non-hydrogen) atoms. The van der Waals surface area contributed by atoms with E-state index in [0.717, 1.165) is 19.4 Å². The molecular formula is C12H22N2O3. The molecule has 0 aliphatic carbocycles. The minimum absolute atomic E-state index is 0.00543. The summed E-state index contributed by atoms with van der Waals surface area (Å²) in [6, 6.07) is -0.112. The SMILES string of the molecule is CC1CCNC(C(=O)NCCC(C)C(=O)O)C1. The average molecular weight is 242 g/mol. The van der Waals surface area contributed by atoms with E-state index < -0.39 is 11.9 Å². The number of aliphatic carboxylic acids is 1. The molecule has 3 N–H and O–H groups in total. The van der Waals surface area contributed by atoms with E-state index in [1.807, 2.05) is 0 Å². The molecule has 5 heteroatoms. The Morgan fingerprint density at radius 1 is 1.53 bits per heavy atom. The number of carbonyl (C=O) groups excluding carboxylic acids is 1. The number of hydrogen-bond acceptors (Lipinski definition) is 3. The Hall–Kier alpha value is -1.10. The lowest BCUT2D eigenvalue weighted by atomic mass is 9.94. The Kier molecular flexibility index (Phi) is 5.41. The summed E-state index contributed by atoms with van der Waals surface area (Å²) in [7, 11) is 0. The molecule has 0 spiro atoms. The normalized spacial score (nSPS) is 26.2. The molecular weight excluding hydrogens is 220 g/mol. The van der Waals surface area contributed by atoms with E-state index in [2.05, 4.69) is 17.6 Å². The highest BCUT2D eigenvalue weighted by atomic mass is 16.4. The fourth-order valence-electron chi connectivity index (χ4n) is 1.97. The molecule has 0 radical (unpaired) electrons. The zero-order valence-electron chi connectivity index (χ0n) is 10.5. The molecule has 3 unspecified atom stereocenters. The lowest BCUT2D eigenvalue weighted by Gasteiger charge is -2.27. The molecule has 0 aromatic carbocycles. The molecule has 1 saturated heterocycles. The predicted octanol–water partition coefficient (Wildman–Crippen LogP) is 0.601. The molecule has 5 nitrogen and oxygen atoms in total. The number of rotatable bonds is 5. The Bertz CT molecular complexity index is 281. The number of amides is 1. The number of carbonyl (C=O) groups is 2. The molecule has 1 aliphatic rings. The summed E-state index contributed by atoms with van der Waals surface area (Å²) in [6.07, 6.45) is 2.45. The number of piperidine rings is 1. The maximum atomic E-state index is 11.8. The Labute approximate surface area is 102 Å². The number of hydrogen-bond donors (Lipinski definition) is 3. The molecule has 1 rings (SSSR count). The summed E-state index contributed by atoms with van der Waals surface area (Å²) in [4.78, 5) is 22.4. The third kappa shape index (κ3) is 4.73. The standard InChI is InChI=1S/C12H22N2O3/c1-8-3-5-13-10(7-8)11(15)14-6-4-9(2)12(16)17/h8-10,13H,3-7H2,1-2H3,(H,14,15)(H,16,17). The zero-order valence-corrected chi connectivity index (χ0v) is 10.5. The van der Waals surface area contributed by atoms with Crippen molar-refractivity contribution in [2.45, 2.75) is 39.2 Å². The van der Waals surface area contributed by atoms with Crippen molar-refractivity contribution in [1.82, 2.24) is 10.6 Å². The van der Waals surface area contributed by atoms with Gasteiger partial charge in [-0.25, -0.2) is 0 Å². The largest absolute Gasteiger partial charge is 0.481 e. The van der Waals surface area contributed by atoms with Gasteiger partial charge in [-0.1, -0.05) is 13.8 Å². The van der Waals surface area contributed by atoms with Crippen molar-refractivity contribution in [1.29, 1.82) is 0 Å². The van der Waals surface area contributed by atoms with Crippen LogP contribution in [0.4, 0.5) is 0 Å². The van der Waals surface area contributed by atoms with Crippen LogP contribution in [0.5, 0.6) is 0 Å². The molecule has 3 atom stereocenters. The van der Waals surface area contributed by atoms with Gasteiger partial charge in [0.25, 0.3) is 0 Å². The smallest absolute Gasteiger partial charge is 0.306 e. The minimum atomic E-state index is -0.816. The van der Waals surface area contributed by atoms with Gasteiger partial charge in [0.05, 0.1) is 12.0 Å². The summed E-state index contributed by atoms with van der Waals surface area (Å²) < 4.78 is 0. The van der Waals surface area contributed by atoms with Gasteiger partial charge < -0.3 is 15.7 Å². The molecule has 1 fully saturated rings. The summed E-state index contributed by atoms with van der Waals surface area (Å²) in [6.45, 7) is 5.10. The Morgan fingerprint density at radius 3 is 2.82 bits per heavy atom. The van der Waals surface area contributed by atoms with Gasteiger partial charge in [0.15, 0.2) is 0 Å². The first kappa shape index (κ1) is 14.0. The molecule has 0 bridgehead atoms. The fraction of sp³-hybridized carbons (Fsp3) is 0.833. The van der Waals surface area contributed by atoms with Gasteiger partial charge in [-0.05, 0) is 31.7 Å². The first-order valence-electron chi connectivity index (χ1n) is 6.24. The second-order valence-electron chi connectivity index (χ2n) is 4.96. The van der Waals surface area contributed by atoms with E-state index in [1.165, 1.54) is 0 Å². The van der Waals surface area contributed by atoms with Gasteiger partial charge >= 0.3 is 5.97 Å². The van der Waals surface area contributed by atoms with Crippen molar-refractivity contribution in [2.75, 3.05) is 13.1 Å². The average Bonchev–Trinajstić information content (AvgIpc) is 2.28. The van der Waals surface area contributed by atoms with Crippen LogP contribution in [-0.2, 0) is 9.59 Å². The first-order chi connectivity index (χ1) is 8.00. The molecule has 0 aromatic heterocycles. The Balaban J connectivity index is 2.22. The molecule has 0 saturated carbocycles. The van der Waals surface area contributed by atoms with Crippen LogP contribution in [0.3, 0.4) is 0 Å². The van der Waals surface area contributed by atoms with Gasteiger partial charge in [-0.2, -0.15) is 0 Å². The highest BCUT2D eigenvalue weighted by Gasteiger charge is 2.24. The fourth-order valence-corrected chi connectivity index (χ4v) is 1.97. The summed E-state index contributed by atoms with van der Waals surface area (Å²) in [5.41, 5.74) is 0. The van der Waals surface area contributed by atoms with Gasteiger partial charge in [0.1, 0.15) is 0 Å². The van der Waals surface area contributed by atoms with E-state index in [-0.39, 0.29) is 11.9 Å². The van der Waals surface area contributed by atoms with E-state index in [1.54, 1.807) is 6.92 Å². The monoisotopic (exact) mass is 242 g/mol. The number of nitrogens with one attached hydrogen (secondary N) is 2.